The summed E-state index contributed by atoms with van der Waals surface area (Å²) >= 11 is 0. The van der Waals surface area contributed by atoms with Crippen LogP contribution in [0.15, 0.2) is 53.5 Å². The van der Waals surface area contributed by atoms with Crippen LogP contribution in [0.1, 0.15) is 55.7 Å². The lowest BCUT2D eigenvalue weighted by Crippen LogP contribution is -2.48. The van der Waals surface area contributed by atoms with Crippen LogP contribution in [0.3, 0.4) is 0 Å². The molecule has 0 spiro atoms. The summed E-state index contributed by atoms with van der Waals surface area (Å²) in [5, 5.41) is 24.5. The summed E-state index contributed by atoms with van der Waals surface area (Å²) in [5.41, 5.74) is 3.99. The van der Waals surface area contributed by atoms with Crippen molar-refractivity contribution >= 4 is 21.9 Å². The maximum absolute atomic E-state index is 12.9. The molecule has 0 fully saturated rings. The van der Waals surface area contributed by atoms with Crippen LogP contribution in [0.2, 0.25) is 0 Å². The molecule has 0 bridgehead atoms. The van der Waals surface area contributed by atoms with Gasteiger partial charge < -0.3 is 19.7 Å². The van der Waals surface area contributed by atoms with Gasteiger partial charge in [-0.3, -0.25) is 9.78 Å². The number of nitriles is 1. The van der Waals surface area contributed by atoms with Crippen molar-refractivity contribution in [2.45, 2.75) is 57.5 Å². The summed E-state index contributed by atoms with van der Waals surface area (Å²) in [6, 6.07) is 15.7. The van der Waals surface area contributed by atoms with E-state index in [0.717, 1.165) is 54.1 Å². The van der Waals surface area contributed by atoms with Gasteiger partial charge in [-0.2, -0.15) is 5.26 Å². The van der Waals surface area contributed by atoms with Gasteiger partial charge in [0.25, 0.3) is 5.56 Å². The molecule has 38 heavy (non-hydrogen) atoms. The zero-order valence-electron chi connectivity index (χ0n) is 22.3. The van der Waals surface area contributed by atoms with Gasteiger partial charge in [-0.25, -0.2) is 4.98 Å². The number of hydrogen-bond acceptors (Lipinski definition) is 7. The highest BCUT2D eigenvalue weighted by Gasteiger charge is 2.26. The molecule has 8 nitrogen and oxygen atoms in total. The number of hydrogen-bond donors (Lipinski definition) is 2. The van der Waals surface area contributed by atoms with Gasteiger partial charge in [0.15, 0.2) is 0 Å². The number of aryl methyl sites for hydroxylation is 2. The number of aliphatic hydroxyl groups is 1. The number of aliphatic hydroxyl groups excluding tert-OH is 1. The topological polar surface area (TPSA) is 113 Å². The molecule has 4 rings (SSSR count). The van der Waals surface area contributed by atoms with E-state index in [-0.39, 0.29) is 12.2 Å². The number of fused-ring (bicyclic) bond motifs is 2. The van der Waals surface area contributed by atoms with Gasteiger partial charge in [0, 0.05) is 37.0 Å². The molecular formula is C30H35N5O3. The van der Waals surface area contributed by atoms with Crippen LogP contribution in [0, 0.1) is 11.3 Å². The Kier molecular flexibility index (Phi) is 8.72. The number of benzene rings is 1. The summed E-state index contributed by atoms with van der Waals surface area (Å²) in [5.74, 6) is 0.499. The summed E-state index contributed by atoms with van der Waals surface area (Å²) < 4.78 is 6.95. The smallest absolute Gasteiger partial charge is 0.255 e. The number of ether oxygens (including phenoxy) is 1. The van der Waals surface area contributed by atoms with E-state index in [1.165, 1.54) is 0 Å². The van der Waals surface area contributed by atoms with Gasteiger partial charge in [0.2, 0.25) is 5.88 Å². The maximum atomic E-state index is 12.9. The minimum Gasteiger partial charge on any atom is -0.481 e. The molecule has 8 heteroatoms. The number of rotatable bonds is 12. The largest absolute Gasteiger partial charge is 0.481 e. The van der Waals surface area contributed by atoms with E-state index in [2.05, 4.69) is 28.3 Å². The monoisotopic (exact) mass is 513 g/mol. The lowest BCUT2D eigenvalue weighted by atomic mass is 9.89. The van der Waals surface area contributed by atoms with Crippen molar-refractivity contribution in [2.24, 2.45) is 7.05 Å². The number of pyridine rings is 3. The average molecular weight is 514 g/mol. The number of methoxy groups -OCH3 is 1. The van der Waals surface area contributed by atoms with E-state index in [0.29, 0.717) is 35.5 Å². The Morgan fingerprint density at radius 2 is 2.00 bits per heavy atom. The molecular weight excluding hydrogens is 478 g/mol. The normalized spacial score (nSPS) is 12.9. The molecule has 3 heterocycles. The second-order valence-corrected chi connectivity index (χ2v) is 9.78. The fourth-order valence-corrected chi connectivity index (χ4v) is 5.04. The molecule has 1 aromatic carbocycles. The van der Waals surface area contributed by atoms with Crippen LogP contribution in [0.25, 0.3) is 21.9 Å². The summed E-state index contributed by atoms with van der Waals surface area (Å²) in [6.45, 7) is 2.45. The average Bonchev–Trinajstić information content (AvgIpc) is 2.96. The molecule has 198 valence electrons. The third kappa shape index (κ3) is 5.69. The van der Waals surface area contributed by atoms with E-state index in [1.54, 1.807) is 31.0 Å². The fourth-order valence-electron chi connectivity index (χ4n) is 5.04. The lowest BCUT2D eigenvalue weighted by molar-refractivity contribution is 0.141. The zero-order valence-corrected chi connectivity index (χ0v) is 22.3. The Labute approximate surface area is 222 Å². The van der Waals surface area contributed by atoms with Crippen molar-refractivity contribution in [1.82, 2.24) is 19.9 Å². The molecule has 3 aromatic heterocycles. The van der Waals surface area contributed by atoms with Crippen molar-refractivity contribution in [2.75, 3.05) is 13.7 Å². The SMILES string of the molecule is CCC(CO)(CCCCCc1c(C#N)cnc2ccc(OC)nc12)NCc1cc2ccccc2n(C)c1=O. The second kappa shape index (κ2) is 12.2. The number of aromatic nitrogens is 3. The second-order valence-electron chi connectivity index (χ2n) is 9.78. The molecule has 0 saturated heterocycles. The molecule has 0 radical (unpaired) electrons. The fraction of sp³-hybridized carbons (Fsp3) is 0.400. The summed E-state index contributed by atoms with van der Waals surface area (Å²) in [7, 11) is 3.37. The first kappa shape index (κ1) is 27.2. The van der Waals surface area contributed by atoms with Crippen molar-refractivity contribution in [3.63, 3.8) is 0 Å². The Morgan fingerprint density at radius 3 is 2.74 bits per heavy atom. The number of nitrogens with one attached hydrogen (secondary N) is 1. The Bertz CT molecular complexity index is 1520. The molecule has 0 saturated carbocycles. The first-order valence-electron chi connectivity index (χ1n) is 13.1. The van der Waals surface area contributed by atoms with Gasteiger partial charge in [-0.05, 0) is 54.8 Å². The van der Waals surface area contributed by atoms with E-state index in [1.807, 2.05) is 36.4 Å². The van der Waals surface area contributed by atoms with Crippen molar-refractivity contribution in [3.05, 3.63) is 75.7 Å². The zero-order chi connectivity index (χ0) is 27.1. The number of nitrogens with zero attached hydrogens (tertiary/aromatic N) is 4. The van der Waals surface area contributed by atoms with Crippen molar-refractivity contribution in [1.29, 1.82) is 5.26 Å². The number of unbranched alkanes of at least 4 members (excludes halogenated alkanes) is 2. The highest BCUT2D eigenvalue weighted by molar-refractivity contribution is 5.80. The quantitative estimate of drug-likeness (QED) is 0.270. The summed E-state index contributed by atoms with van der Waals surface area (Å²) in [6.07, 6.45) is 6.56. The van der Waals surface area contributed by atoms with Gasteiger partial charge in [0.05, 0.1) is 35.8 Å². The van der Waals surface area contributed by atoms with Gasteiger partial charge in [-0.1, -0.05) is 38.0 Å². The van der Waals surface area contributed by atoms with Gasteiger partial charge in [-0.15, -0.1) is 0 Å². The Hall–Kier alpha value is -3.80. The lowest BCUT2D eigenvalue weighted by Gasteiger charge is -2.32. The van der Waals surface area contributed by atoms with Crippen LogP contribution in [0.4, 0.5) is 0 Å². The Morgan fingerprint density at radius 1 is 1.18 bits per heavy atom. The highest BCUT2D eigenvalue weighted by Crippen LogP contribution is 2.25. The van der Waals surface area contributed by atoms with Crippen LogP contribution < -0.4 is 15.6 Å². The molecule has 0 amide bonds. The molecule has 4 aromatic rings. The third-order valence-electron chi connectivity index (χ3n) is 7.54. The first-order chi connectivity index (χ1) is 18.4. The molecule has 1 unspecified atom stereocenters. The van der Waals surface area contributed by atoms with E-state index >= 15 is 0 Å². The molecule has 0 aliphatic rings. The van der Waals surface area contributed by atoms with Crippen molar-refractivity contribution in [3.8, 4) is 11.9 Å². The van der Waals surface area contributed by atoms with E-state index in [9.17, 15) is 15.2 Å². The van der Waals surface area contributed by atoms with Crippen LogP contribution >= 0.6 is 0 Å². The van der Waals surface area contributed by atoms with Crippen LogP contribution in [0.5, 0.6) is 5.88 Å². The summed E-state index contributed by atoms with van der Waals surface area (Å²) in [4.78, 5) is 21.8. The van der Waals surface area contributed by atoms with Crippen LogP contribution in [-0.4, -0.2) is 38.9 Å². The minimum atomic E-state index is -0.466. The molecule has 0 aliphatic carbocycles. The van der Waals surface area contributed by atoms with E-state index < -0.39 is 5.54 Å². The van der Waals surface area contributed by atoms with Gasteiger partial charge >= 0.3 is 0 Å². The predicted molar refractivity (Wildman–Crippen MR) is 149 cm³/mol. The standard InChI is InChI=1S/C30H35N5O3/c1-4-30(20-36,33-19-22-16-21-10-7-8-12-26(21)35(2)29(22)37)15-9-5-6-11-24-23(17-31)18-32-25-13-14-27(38-3)34-28(24)25/h7-8,10,12-14,16,18,33,36H,4-6,9,11,15,19-20H2,1-3H3. The predicted octanol–water partition coefficient (Wildman–Crippen LogP) is 4.40. The molecule has 0 aliphatic heterocycles. The van der Waals surface area contributed by atoms with Crippen molar-refractivity contribution < 1.29 is 9.84 Å². The molecule has 1 atom stereocenters. The molecule has 2 N–H and O–H groups in total. The highest BCUT2D eigenvalue weighted by atomic mass is 16.5. The van der Waals surface area contributed by atoms with Crippen LogP contribution in [-0.2, 0) is 20.0 Å². The number of para-hydroxylation sites is 1. The first-order valence-corrected chi connectivity index (χ1v) is 13.1. The Balaban J connectivity index is 1.40. The van der Waals surface area contributed by atoms with Gasteiger partial charge in [0.1, 0.15) is 6.07 Å². The minimum absolute atomic E-state index is 0.00527. The maximum Gasteiger partial charge on any atom is 0.255 e. The van der Waals surface area contributed by atoms with E-state index in [4.69, 9.17) is 4.74 Å². The third-order valence-corrected chi connectivity index (χ3v) is 7.54.